The Morgan fingerprint density at radius 2 is 2.23 bits per heavy atom. The first-order valence-electron chi connectivity index (χ1n) is 4.17. The van der Waals surface area contributed by atoms with Crippen LogP contribution in [0.1, 0.15) is 5.56 Å². The zero-order valence-electron chi connectivity index (χ0n) is 7.09. The third-order valence-corrected chi connectivity index (χ3v) is 2.70. The molecule has 13 heavy (non-hydrogen) atoms. The first-order chi connectivity index (χ1) is 6.33. The van der Waals surface area contributed by atoms with Crippen molar-refractivity contribution in [2.45, 2.75) is 6.42 Å². The minimum absolute atomic E-state index is 0.649. The number of hydrogen-bond acceptors (Lipinski definition) is 2. The number of furan rings is 1. The van der Waals surface area contributed by atoms with E-state index in [9.17, 15) is 0 Å². The maximum Gasteiger partial charge on any atom is 0.135 e. The van der Waals surface area contributed by atoms with Crippen molar-refractivity contribution in [2.75, 3.05) is 6.54 Å². The van der Waals surface area contributed by atoms with Crippen LogP contribution in [0.4, 0.5) is 0 Å². The summed E-state index contributed by atoms with van der Waals surface area (Å²) in [7, 11) is 0. The third-order valence-electron chi connectivity index (χ3n) is 2.04. The second-order valence-corrected chi connectivity index (χ2v) is 3.77. The molecule has 0 radical (unpaired) electrons. The molecule has 2 aromatic rings. The highest BCUT2D eigenvalue weighted by molar-refractivity contribution is 9.10. The van der Waals surface area contributed by atoms with E-state index in [1.165, 1.54) is 5.56 Å². The topological polar surface area (TPSA) is 39.2 Å². The van der Waals surface area contributed by atoms with Gasteiger partial charge in [0, 0.05) is 15.4 Å². The Labute approximate surface area is 84.8 Å². The molecule has 0 bridgehead atoms. The Kier molecular flexibility index (Phi) is 2.38. The van der Waals surface area contributed by atoms with Gasteiger partial charge < -0.3 is 10.2 Å². The molecule has 1 heterocycles. The maximum atomic E-state index is 5.50. The fraction of sp³-hybridized carbons (Fsp3) is 0.200. The lowest BCUT2D eigenvalue weighted by molar-refractivity contribution is 0.610. The van der Waals surface area contributed by atoms with Gasteiger partial charge in [-0.1, -0.05) is 22.0 Å². The van der Waals surface area contributed by atoms with Gasteiger partial charge in [0.25, 0.3) is 0 Å². The van der Waals surface area contributed by atoms with E-state index < -0.39 is 0 Å². The van der Waals surface area contributed by atoms with Gasteiger partial charge in [-0.05, 0) is 25.1 Å². The average Bonchev–Trinajstić information content (AvgIpc) is 2.51. The van der Waals surface area contributed by atoms with Gasteiger partial charge in [0.2, 0.25) is 0 Å². The molecule has 68 valence electrons. The van der Waals surface area contributed by atoms with E-state index in [-0.39, 0.29) is 0 Å². The lowest BCUT2D eigenvalue weighted by Crippen LogP contribution is -2.01. The Morgan fingerprint density at radius 3 is 3.00 bits per heavy atom. The number of rotatable bonds is 2. The number of hydrogen-bond donors (Lipinski definition) is 1. The molecule has 0 saturated heterocycles. The van der Waals surface area contributed by atoms with E-state index in [2.05, 4.69) is 15.9 Å². The highest BCUT2D eigenvalue weighted by Crippen LogP contribution is 2.28. The molecule has 0 atom stereocenters. The van der Waals surface area contributed by atoms with E-state index in [4.69, 9.17) is 10.2 Å². The minimum atomic E-state index is 0.649. The van der Waals surface area contributed by atoms with Gasteiger partial charge in [-0.2, -0.15) is 0 Å². The Morgan fingerprint density at radius 1 is 1.38 bits per heavy atom. The quantitative estimate of drug-likeness (QED) is 0.876. The van der Waals surface area contributed by atoms with Crippen LogP contribution in [0, 0.1) is 0 Å². The van der Waals surface area contributed by atoms with Crippen LogP contribution in [0.3, 0.4) is 0 Å². The molecule has 2 rings (SSSR count). The highest BCUT2D eigenvalue weighted by Gasteiger charge is 2.07. The smallest absolute Gasteiger partial charge is 0.135 e. The van der Waals surface area contributed by atoms with Crippen molar-refractivity contribution in [1.29, 1.82) is 0 Å². The largest absolute Gasteiger partial charge is 0.464 e. The Balaban J connectivity index is 2.64. The molecule has 0 spiro atoms. The monoisotopic (exact) mass is 239 g/mol. The molecular weight excluding hydrogens is 230 g/mol. The highest BCUT2D eigenvalue weighted by atomic mass is 79.9. The van der Waals surface area contributed by atoms with Crippen molar-refractivity contribution >= 4 is 26.9 Å². The van der Waals surface area contributed by atoms with Crippen LogP contribution >= 0.6 is 15.9 Å². The van der Waals surface area contributed by atoms with Crippen LogP contribution in [-0.2, 0) is 6.42 Å². The summed E-state index contributed by atoms with van der Waals surface area (Å²) >= 11 is 3.50. The molecule has 2 N–H and O–H groups in total. The van der Waals surface area contributed by atoms with Crippen LogP contribution in [0.5, 0.6) is 0 Å². The molecule has 0 aliphatic rings. The molecule has 0 saturated carbocycles. The van der Waals surface area contributed by atoms with Crippen molar-refractivity contribution in [3.05, 3.63) is 34.5 Å². The molecule has 0 amide bonds. The summed E-state index contributed by atoms with van der Waals surface area (Å²) in [6.07, 6.45) is 2.64. The number of fused-ring (bicyclic) bond motifs is 1. The number of halogens is 1. The van der Waals surface area contributed by atoms with Crippen molar-refractivity contribution in [3.63, 3.8) is 0 Å². The molecule has 0 fully saturated rings. The number of benzene rings is 1. The van der Waals surface area contributed by atoms with E-state index >= 15 is 0 Å². The van der Waals surface area contributed by atoms with E-state index in [0.29, 0.717) is 6.54 Å². The summed E-state index contributed by atoms with van der Waals surface area (Å²) in [4.78, 5) is 0. The normalized spacial score (nSPS) is 10.9. The van der Waals surface area contributed by atoms with Crippen LogP contribution < -0.4 is 5.73 Å². The molecular formula is C10H10BrNO. The fourth-order valence-corrected chi connectivity index (χ4v) is 2.05. The van der Waals surface area contributed by atoms with Crippen LogP contribution in [0.25, 0.3) is 11.0 Å². The van der Waals surface area contributed by atoms with Crippen molar-refractivity contribution < 1.29 is 4.42 Å². The summed E-state index contributed by atoms with van der Waals surface area (Å²) in [6, 6.07) is 5.93. The summed E-state index contributed by atoms with van der Waals surface area (Å²) < 4.78 is 6.47. The van der Waals surface area contributed by atoms with Crippen LogP contribution in [-0.4, -0.2) is 6.54 Å². The maximum absolute atomic E-state index is 5.50. The molecule has 3 heteroatoms. The van der Waals surface area contributed by atoms with Gasteiger partial charge in [-0.25, -0.2) is 0 Å². The average molecular weight is 240 g/mol. The van der Waals surface area contributed by atoms with Crippen LogP contribution in [0.15, 0.2) is 33.4 Å². The van der Waals surface area contributed by atoms with Gasteiger partial charge in [0.1, 0.15) is 5.58 Å². The van der Waals surface area contributed by atoms with Gasteiger partial charge in [0.15, 0.2) is 0 Å². The van der Waals surface area contributed by atoms with Crippen molar-refractivity contribution in [3.8, 4) is 0 Å². The predicted molar refractivity (Wildman–Crippen MR) is 56.7 cm³/mol. The summed E-state index contributed by atoms with van der Waals surface area (Å²) in [6.45, 7) is 0.649. The molecule has 0 aliphatic carbocycles. The first kappa shape index (κ1) is 8.78. The molecule has 0 aliphatic heterocycles. The number of nitrogens with two attached hydrogens (primary N) is 1. The van der Waals surface area contributed by atoms with E-state index in [1.54, 1.807) is 6.26 Å². The Hall–Kier alpha value is -0.800. The third kappa shape index (κ3) is 1.49. The first-order valence-corrected chi connectivity index (χ1v) is 4.97. The standard InChI is InChI=1S/C10H10BrNO/c11-8-2-1-3-9-10(8)7(4-5-12)6-13-9/h1-3,6H,4-5,12H2. The lowest BCUT2D eigenvalue weighted by atomic mass is 10.1. The Bertz CT molecular complexity index is 422. The van der Waals surface area contributed by atoms with Gasteiger partial charge in [-0.15, -0.1) is 0 Å². The lowest BCUT2D eigenvalue weighted by Gasteiger charge is -1.96. The van der Waals surface area contributed by atoms with Gasteiger partial charge in [0.05, 0.1) is 6.26 Å². The summed E-state index contributed by atoms with van der Waals surface area (Å²) in [5.41, 5.74) is 7.59. The zero-order chi connectivity index (χ0) is 9.26. The van der Waals surface area contributed by atoms with E-state index in [1.807, 2.05) is 18.2 Å². The fourth-order valence-electron chi connectivity index (χ4n) is 1.45. The SMILES string of the molecule is NCCc1coc2cccc(Br)c12. The van der Waals surface area contributed by atoms with Crippen molar-refractivity contribution in [1.82, 2.24) is 0 Å². The van der Waals surface area contributed by atoms with Crippen LogP contribution in [0.2, 0.25) is 0 Å². The molecule has 1 aromatic carbocycles. The minimum Gasteiger partial charge on any atom is -0.464 e. The molecule has 0 unspecified atom stereocenters. The van der Waals surface area contributed by atoms with Crippen molar-refractivity contribution in [2.24, 2.45) is 5.73 Å². The zero-order valence-corrected chi connectivity index (χ0v) is 8.67. The predicted octanol–water partition coefficient (Wildman–Crippen LogP) is 2.70. The second-order valence-electron chi connectivity index (χ2n) is 2.91. The van der Waals surface area contributed by atoms with E-state index in [0.717, 1.165) is 21.9 Å². The summed E-state index contributed by atoms with van der Waals surface area (Å²) in [5.74, 6) is 0. The molecule has 1 aromatic heterocycles. The summed E-state index contributed by atoms with van der Waals surface area (Å²) in [5, 5.41) is 1.15. The second kappa shape index (κ2) is 3.52. The molecule has 2 nitrogen and oxygen atoms in total. The van der Waals surface area contributed by atoms with Gasteiger partial charge in [-0.3, -0.25) is 0 Å². The van der Waals surface area contributed by atoms with Gasteiger partial charge >= 0.3 is 0 Å².